The summed E-state index contributed by atoms with van der Waals surface area (Å²) in [6, 6.07) is 11.3. The van der Waals surface area contributed by atoms with E-state index in [1.54, 1.807) is 0 Å². The van der Waals surface area contributed by atoms with Gasteiger partial charge in [-0.3, -0.25) is 0 Å². The van der Waals surface area contributed by atoms with Gasteiger partial charge in [0.15, 0.2) is 0 Å². The Morgan fingerprint density at radius 3 is 2.70 bits per heavy atom. The third-order valence-electron chi connectivity index (χ3n) is 2.72. The number of ether oxygens (including phenoxy) is 1. The average molecular weight is 339 g/mol. The van der Waals surface area contributed by atoms with Gasteiger partial charge in [-0.25, -0.2) is 9.18 Å². The molecule has 3 nitrogen and oxygen atoms in total. The van der Waals surface area contributed by atoms with Crippen LogP contribution in [0, 0.1) is 5.82 Å². The minimum Gasteiger partial charge on any atom is -0.478 e. The average Bonchev–Trinajstić information content (AvgIpc) is 2.40. The van der Waals surface area contributed by atoms with Crippen LogP contribution in [0.3, 0.4) is 0 Å². The molecule has 0 aliphatic heterocycles. The molecule has 0 fully saturated rings. The van der Waals surface area contributed by atoms with Crippen molar-refractivity contribution >= 4 is 21.9 Å². The Kier molecular flexibility index (Phi) is 4.87. The van der Waals surface area contributed by atoms with Gasteiger partial charge in [0.05, 0.1) is 18.8 Å². The summed E-state index contributed by atoms with van der Waals surface area (Å²) in [6.45, 7) is 0.476. The molecule has 0 radical (unpaired) electrons. The van der Waals surface area contributed by atoms with Crippen molar-refractivity contribution < 1.29 is 19.0 Å². The topological polar surface area (TPSA) is 46.5 Å². The van der Waals surface area contributed by atoms with Gasteiger partial charge in [0.25, 0.3) is 0 Å². The summed E-state index contributed by atoms with van der Waals surface area (Å²) in [6.07, 6.45) is 0. The van der Waals surface area contributed by atoms with Crippen LogP contribution < -0.4 is 0 Å². The molecule has 0 spiro atoms. The van der Waals surface area contributed by atoms with Gasteiger partial charge in [-0.1, -0.05) is 34.1 Å². The molecule has 5 heteroatoms. The summed E-state index contributed by atoms with van der Waals surface area (Å²) in [5.74, 6) is -1.73. The van der Waals surface area contributed by atoms with Gasteiger partial charge in [-0.05, 0) is 35.4 Å². The number of rotatable bonds is 5. The largest absolute Gasteiger partial charge is 0.478 e. The van der Waals surface area contributed by atoms with Gasteiger partial charge in [0.2, 0.25) is 0 Å². The number of hydrogen-bond acceptors (Lipinski definition) is 2. The van der Waals surface area contributed by atoms with E-state index in [-0.39, 0.29) is 12.2 Å². The van der Waals surface area contributed by atoms with Crippen LogP contribution in [-0.4, -0.2) is 11.1 Å². The predicted octanol–water partition coefficient (Wildman–Crippen LogP) is 4.00. The van der Waals surface area contributed by atoms with Crippen LogP contribution >= 0.6 is 15.9 Å². The molecule has 2 aromatic rings. The molecule has 0 atom stereocenters. The minimum atomic E-state index is -1.16. The highest BCUT2D eigenvalue weighted by atomic mass is 79.9. The van der Waals surface area contributed by atoms with Gasteiger partial charge < -0.3 is 9.84 Å². The number of carbonyl (C=O) groups is 1. The third-order valence-corrected chi connectivity index (χ3v) is 3.21. The first-order valence-corrected chi connectivity index (χ1v) is 6.69. The highest BCUT2D eigenvalue weighted by Crippen LogP contribution is 2.15. The Labute approximate surface area is 124 Å². The van der Waals surface area contributed by atoms with E-state index in [4.69, 9.17) is 9.84 Å². The van der Waals surface area contributed by atoms with Crippen LogP contribution in [0.2, 0.25) is 0 Å². The molecule has 104 valence electrons. The van der Waals surface area contributed by atoms with Crippen molar-refractivity contribution in [1.29, 1.82) is 0 Å². The SMILES string of the molecule is O=C(O)c1cc(F)ccc1COCc1cccc(Br)c1. The highest BCUT2D eigenvalue weighted by molar-refractivity contribution is 9.10. The predicted molar refractivity (Wildman–Crippen MR) is 76.0 cm³/mol. The fourth-order valence-corrected chi connectivity index (χ4v) is 2.23. The van der Waals surface area contributed by atoms with E-state index in [1.807, 2.05) is 24.3 Å². The first kappa shape index (κ1) is 14.7. The molecule has 0 heterocycles. The lowest BCUT2D eigenvalue weighted by Crippen LogP contribution is -2.05. The standard InChI is InChI=1S/C15H12BrFO3/c16-12-3-1-2-10(6-12)8-20-9-11-4-5-13(17)7-14(11)15(18)19/h1-7H,8-9H2,(H,18,19). The van der Waals surface area contributed by atoms with E-state index in [9.17, 15) is 9.18 Å². The quantitative estimate of drug-likeness (QED) is 0.896. The number of carboxylic acid groups (broad SMARTS) is 1. The number of hydrogen-bond donors (Lipinski definition) is 1. The van der Waals surface area contributed by atoms with Gasteiger partial charge >= 0.3 is 5.97 Å². The second-order valence-corrected chi connectivity index (χ2v) is 5.15. The zero-order valence-corrected chi connectivity index (χ0v) is 12.1. The van der Waals surface area contributed by atoms with Crippen molar-refractivity contribution in [1.82, 2.24) is 0 Å². The molecule has 0 amide bonds. The lowest BCUT2D eigenvalue weighted by molar-refractivity contribution is 0.0683. The first-order chi connectivity index (χ1) is 9.56. The van der Waals surface area contributed by atoms with Crippen LogP contribution in [0.4, 0.5) is 4.39 Å². The molecule has 0 saturated heterocycles. The fourth-order valence-electron chi connectivity index (χ4n) is 1.78. The van der Waals surface area contributed by atoms with E-state index in [2.05, 4.69) is 15.9 Å². The summed E-state index contributed by atoms with van der Waals surface area (Å²) < 4.78 is 19.5. The van der Waals surface area contributed by atoms with Crippen molar-refractivity contribution in [3.8, 4) is 0 Å². The molecule has 2 rings (SSSR count). The van der Waals surface area contributed by atoms with Crippen LogP contribution in [-0.2, 0) is 18.0 Å². The smallest absolute Gasteiger partial charge is 0.336 e. The van der Waals surface area contributed by atoms with Crippen molar-refractivity contribution in [2.45, 2.75) is 13.2 Å². The second kappa shape index (κ2) is 6.63. The molecule has 0 saturated carbocycles. The maximum atomic E-state index is 13.0. The zero-order chi connectivity index (χ0) is 14.5. The van der Waals surface area contributed by atoms with E-state index in [0.717, 1.165) is 16.1 Å². The van der Waals surface area contributed by atoms with Gasteiger partial charge in [-0.2, -0.15) is 0 Å². The molecule has 2 aromatic carbocycles. The molecule has 0 bridgehead atoms. The maximum Gasteiger partial charge on any atom is 0.336 e. The Morgan fingerprint density at radius 1 is 1.20 bits per heavy atom. The molecule has 20 heavy (non-hydrogen) atoms. The molecule has 0 aliphatic rings. The molecule has 0 aromatic heterocycles. The molecular formula is C15H12BrFO3. The van der Waals surface area contributed by atoms with Crippen molar-refractivity contribution in [3.05, 3.63) is 69.4 Å². The minimum absolute atomic E-state index is 0.0701. The summed E-state index contributed by atoms with van der Waals surface area (Å²) >= 11 is 3.36. The van der Waals surface area contributed by atoms with E-state index in [0.29, 0.717) is 12.2 Å². The Balaban J connectivity index is 2.02. The molecule has 0 aliphatic carbocycles. The summed E-state index contributed by atoms with van der Waals surface area (Å²) in [5, 5.41) is 9.01. The van der Waals surface area contributed by atoms with Crippen LogP contribution in [0.15, 0.2) is 46.9 Å². The highest BCUT2D eigenvalue weighted by Gasteiger charge is 2.11. The Morgan fingerprint density at radius 2 is 2.00 bits per heavy atom. The van der Waals surface area contributed by atoms with E-state index in [1.165, 1.54) is 12.1 Å². The van der Waals surface area contributed by atoms with Gasteiger partial charge in [0, 0.05) is 4.47 Å². The van der Waals surface area contributed by atoms with Crippen molar-refractivity contribution in [2.75, 3.05) is 0 Å². The van der Waals surface area contributed by atoms with Crippen molar-refractivity contribution in [3.63, 3.8) is 0 Å². The number of benzene rings is 2. The van der Waals surface area contributed by atoms with E-state index < -0.39 is 11.8 Å². The molecule has 1 N–H and O–H groups in total. The van der Waals surface area contributed by atoms with Crippen LogP contribution in [0.1, 0.15) is 21.5 Å². The Hall–Kier alpha value is -1.72. The van der Waals surface area contributed by atoms with Gasteiger partial charge in [-0.15, -0.1) is 0 Å². The lowest BCUT2D eigenvalue weighted by atomic mass is 10.1. The maximum absolute atomic E-state index is 13.0. The monoisotopic (exact) mass is 338 g/mol. The number of aromatic carboxylic acids is 1. The normalized spacial score (nSPS) is 10.5. The number of halogens is 2. The van der Waals surface area contributed by atoms with E-state index >= 15 is 0 Å². The molecule has 0 unspecified atom stereocenters. The lowest BCUT2D eigenvalue weighted by Gasteiger charge is -2.08. The second-order valence-electron chi connectivity index (χ2n) is 4.23. The third kappa shape index (κ3) is 3.88. The van der Waals surface area contributed by atoms with Gasteiger partial charge in [0.1, 0.15) is 5.82 Å². The fraction of sp³-hybridized carbons (Fsp3) is 0.133. The number of carboxylic acids is 1. The van der Waals surface area contributed by atoms with Crippen LogP contribution in [0.5, 0.6) is 0 Å². The first-order valence-electron chi connectivity index (χ1n) is 5.90. The Bertz CT molecular complexity index is 628. The summed E-state index contributed by atoms with van der Waals surface area (Å²) in [7, 11) is 0. The summed E-state index contributed by atoms with van der Waals surface area (Å²) in [4.78, 5) is 11.0. The summed E-state index contributed by atoms with van der Waals surface area (Å²) in [5.41, 5.74) is 1.35. The molecular weight excluding hydrogens is 327 g/mol. The van der Waals surface area contributed by atoms with Crippen LogP contribution in [0.25, 0.3) is 0 Å². The van der Waals surface area contributed by atoms with Crippen molar-refractivity contribution in [2.24, 2.45) is 0 Å². The zero-order valence-electron chi connectivity index (χ0n) is 10.5.